The zero-order chi connectivity index (χ0) is 7.56. The Bertz CT molecular complexity index is 334. The predicted octanol–water partition coefficient (Wildman–Crippen LogP) is 0.495. The van der Waals surface area contributed by atoms with Crippen LogP contribution in [0.25, 0.3) is 0 Å². The molecule has 10 heavy (non-hydrogen) atoms. The van der Waals surface area contributed by atoms with Gasteiger partial charge < -0.3 is 4.98 Å². The molecule has 1 aromatic heterocycles. The quantitative estimate of drug-likeness (QED) is 0.519. The largest absolute Gasteiger partial charge is 0.327 e. The Morgan fingerprint density at radius 1 is 1.70 bits per heavy atom. The van der Waals surface area contributed by atoms with Crippen LogP contribution in [-0.2, 0) is 0 Å². The highest BCUT2D eigenvalue weighted by molar-refractivity contribution is 5.30. The van der Waals surface area contributed by atoms with Crippen LogP contribution in [0.15, 0.2) is 17.1 Å². The van der Waals surface area contributed by atoms with Crippen LogP contribution in [0, 0.1) is 18.2 Å². The normalized spacial score (nSPS) is 8.80. The zero-order valence-electron chi connectivity index (χ0n) is 5.02. The molecule has 0 saturated carbocycles. The Labute approximate surface area is 56.7 Å². The summed E-state index contributed by atoms with van der Waals surface area (Å²) in [7, 11) is 0. The Morgan fingerprint density at radius 3 is 2.90 bits per heavy atom. The highest BCUT2D eigenvalue weighted by Crippen LogP contribution is 1.95. The van der Waals surface area contributed by atoms with E-state index in [2.05, 4.69) is 4.98 Å². The van der Waals surface area contributed by atoms with Crippen LogP contribution in [0.5, 0.6) is 0 Å². The summed E-state index contributed by atoms with van der Waals surface area (Å²) >= 11 is 0. The Balaban J connectivity index is 3.46. The first kappa shape index (κ1) is 6.56. The van der Waals surface area contributed by atoms with Crippen molar-refractivity contribution in [3.8, 4) is 12.3 Å². The summed E-state index contributed by atoms with van der Waals surface area (Å²) in [6.45, 7) is 0. The van der Waals surface area contributed by atoms with Crippen LogP contribution in [0.3, 0.4) is 0 Å². The summed E-state index contributed by atoms with van der Waals surface area (Å²) in [5.74, 6) is 1.14. The minimum Gasteiger partial charge on any atom is -0.327 e. The van der Waals surface area contributed by atoms with Crippen LogP contribution in [0.1, 0.15) is 5.56 Å². The number of aromatic amines is 1. The fourth-order valence-corrected chi connectivity index (χ4v) is 0.571. The molecule has 0 aliphatic rings. The van der Waals surface area contributed by atoms with Gasteiger partial charge in [-0.1, -0.05) is 5.92 Å². The molecule has 0 radical (unpaired) electrons. The molecule has 0 unspecified atom stereocenters. The Morgan fingerprint density at radius 2 is 2.40 bits per heavy atom. The van der Waals surface area contributed by atoms with Gasteiger partial charge in [0.15, 0.2) is 0 Å². The highest BCUT2D eigenvalue weighted by atomic mass is 19.1. The third-order valence-electron chi connectivity index (χ3n) is 1.06. The SMILES string of the molecule is C#Cc1cc[nH]c(=O)c1F. The van der Waals surface area contributed by atoms with E-state index in [1.165, 1.54) is 12.3 Å². The smallest absolute Gasteiger partial charge is 0.285 e. The lowest BCUT2D eigenvalue weighted by atomic mass is 10.3. The molecule has 0 amide bonds. The molecule has 1 aromatic rings. The van der Waals surface area contributed by atoms with Crippen molar-refractivity contribution < 1.29 is 4.39 Å². The highest BCUT2D eigenvalue weighted by Gasteiger charge is 2.00. The van der Waals surface area contributed by atoms with E-state index in [0.29, 0.717) is 0 Å². The van der Waals surface area contributed by atoms with Crippen molar-refractivity contribution in [2.75, 3.05) is 0 Å². The molecule has 0 aliphatic heterocycles. The van der Waals surface area contributed by atoms with Crippen LogP contribution in [0.2, 0.25) is 0 Å². The van der Waals surface area contributed by atoms with Crippen molar-refractivity contribution in [3.63, 3.8) is 0 Å². The van der Waals surface area contributed by atoms with Gasteiger partial charge in [-0.05, 0) is 6.07 Å². The van der Waals surface area contributed by atoms with E-state index in [4.69, 9.17) is 6.42 Å². The number of rotatable bonds is 0. The van der Waals surface area contributed by atoms with Crippen LogP contribution >= 0.6 is 0 Å². The monoisotopic (exact) mass is 137 g/mol. The number of H-pyrrole nitrogens is 1. The lowest BCUT2D eigenvalue weighted by molar-refractivity contribution is 0.605. The maximum Gasteiger partial charge on any atom is 0.285 e. The number of pyridine rings is 1. The molecular formula is C7H4FNO. The van der Waals surface area contributed by atoms with Gasteiger partial charge in [-0.25, -0.2) is 0 Å². The first-order valence-corrected chi connectivity index (χ1v) is 2.59. The van der Waals surface area contributed by atoms with E-state index in [1.807, 2.05) is 5.92 Å². The number of nitrogens with one attached hydrogen (secondary N) is 1. The molecule has 0 aliphatic carbocycles. The second-order valence-corrected chi connectivity index (χ2v) is 1.68. The van der Waals surface area contributed by atoms with Gasteiger partial charge in [0, 0.05) is 6.20 Å². The fraction of sp³-hybridized carbons (Fsp3) is 0. The van der Waals surface area contributed by atoms with Gasteiger partial charge in [0.2, 0.25) is 5.82 Å². The number of halogens is 1. The van der Waals surface area contributed by atoms with Gasteiger partial charge in [0.1, 0.15) is 0 Å². The molecule has 2 nitrogen and oxygen atoms in total. The second kappa shape index (κ2) is 2.36. The molecule has 0 saturated heterocycles. The van der Waals surface area contributed by atoms with E-state index in [1.54, 1.807) is 0 Å². The molecule has 0 aromatic carbocycles. The summed E-state index contributed by atoms with van der Waals surface area (Å²) in [6.07, 6.45) is 6.18. The van der Waals surface area contributed by atoms with E-state index in [9.17, 15) is 9.18 Å². The number of hydrogen-bond donors (Lipinski definition) is 1. The summed E-state index contributed by atoms with van der Waals surface area (Å²) in [4.78, 5) is 12.6. The molecule has 0 fully saturated rings. The van der Waals surface area contributed by atoms with Gasteiger partial charge >= 0.3 is 0 Å². The van der Waals surface area contributed by atoms with Gasteiger partial charge in [-0.3, -0.25) is 4.79 Å². The first-order chi connectivity index (χ1) is 4.75. The predicted molar refractivity (Wildman–Crippen MR) is 35.0 cm³/mol. The average molecular weight is 137 g/mol. The lowest BCUT2D eigenvalue weighted by Gasteiger charge is -1.88. The molecule has 50 valence electrons. The van der Waals surface area contributed by atoms with Gasteiger partial charge in [-0.2, -0.15) is 4.39 Å². The van der Waals surface area contributed by atoms with Crippen molar-refractivity contribution in [2.45, 2.75) is 0 Å². The minimum absolute atomic E-state index is 0.0104. The summed E-state index contributed by atoms with van der Waals surface area (Å²) in [5, 5.41) is 0. The third-order valence-corrected chi connectivity index (χ3v) is 1.06. The molecular weight excluding hydrogens is 133 g/mol. The summed E-state index contributed by atoms with van der Waals surface area (Å²) in [6, 6.07) is 1.33. The second-order valence-electron chi connectivity index (χ2n) is 1.68. The first-order valence-electron chi connectivity index (χ1n) is 2.59. The molecule has 0 bridgehead atoms. The van der Waals surface area contributed by atoms with Gasteiger partial charge in [0.05, 0.1) is 5.56 Å². The van der Waals surface area contributed by atoms with Gasteiger partial charge in [-0.15, -0.1) is 6.42 Å². The summed E-state index contributed by atoms with van der Waals surface area (Å²) < 4.78 is 12.5. The van der Waals surface area contributed by atoms with Crippen molar-refractivity contribution >= 4 is 0 Å². The number of hydrogen-bond acceptors (Lipinski definition) is 1. The summed E-state index contributed by atoms with van der Waals surface area (Å²) in [5.41, 5.74) is -0.792. The van der Waals surface area contributed by atoms with Crippen LogP contribution < -0.4 is 5.56 Å². The Hall–Kier alpha value is -1.56. The maximum atomic E-state index is 12.5. The zero-order valence-corrected chi connectivity index (χ0v) is 5.02. The Kier molecular flexibility index (Phi) is 1.55. The van der Waals surface area contributed by atoms with Crippen LogP contribution in [0.4, 0.5) is 4.39 Å². The van der Waals surface area contributed by atoms with Crippen molar-refractivity contribution in [1.82, 2.24) is 4.98 Å². The van der Waals surface area contributed by atoms with E-state index >= 15 is 0 Å². The van der Waals surface area contributed by atoms with Crippen LogP contribution in [-0.4, -0.2) is 4.98 Å². The number of aromatic nitrogens is 1. The molecule has 0 spiro atoms. The van der Waals surface area contributed by atoms with Crippen molar-refractivity contribution in [3.05, 3.63) is 34.0 Å². The molecule has 0 atom stereocenters. The minimum atomic E-state index is -0.898. The van der Waals surface area contributed by atoms with E-state index < -0.39 is 11.4 Å². The van der Waals surface area contributed by atoms with Crippen molar-refractivity contribution in [2.24, 2.45) is 0 Å². The fourth-order valence-electron chi connectivity index (χ4n) is 0.571. The van der Waals surface area contributed by atoms with E-state index in [-0.39, 0.29) is 5.56 Å². The standard InChI is InChI=1S/C7H4FNO/c1-2-5-3-4-9-7(10)6(5)8/h1,3-4H,(H,9,10). The maximum absolute atomic E-state index is 12.5. The van der Waals surface area contributed by atoms with E-state index in [0.717, 1.165) is 0 Å². The molecule has 3 heteroatoms. The van der Waals surface area contributed by atoms with Gasteiger partial charge in [0.25, 0.3) is 5.56 Å². The number of terminal acetylenes is 1. The third kappa shape index (κ3) is 0.914. The van der Waals surface area contributed by atoms with Crippen molar-refractivity contribution in [1.29, 1.82) is 0 Å². The molecule has 1 heterocycles. The molecule has 1 N–H and O–H groups in total. The lowest BCUT2D eigenvalue weighted by Crippen LogP contribution is -2.10. The molecule has 1 rings (SSSR count). The average Bonchev–Trinajstić information content (AvgIpc) is 1.95. The topological polar surface area (TPSA) is 32.9 Å².